The molecular weight excluding hydrogens is 224 g/mol. The van der Waals surface area contributed by atoms with Crippen molar-refractivity contribution in [2.45, 2.75) is 12.8 Å². The summed E-state index contributed by atoms with van der Waals surface area (Å²) in [6.45, 7) is 2.96. The van der Waals surface area contributed by atoms with Gasteiger partial charge >= 0.3 is 0 Å². The van der Waals surface area contributed by atoms with E-state index >= 15 is 0 Å². The lowest BCUT2D eigenvalue weighted by molar-refractivity contribution is 0.847. The molecule has 0 saturated carbocycles. The molecule has 4 N–H and O–H groups in total. The molecule has 0 saturated heterocycles. The van der Waals surface area contributed by atoms with E-state index in [2.05, 4.69) is 9.98 Å². The smallest absolute Gasteiger partial charge is 0.0401 e. The number of aliphatic imine (C=N–C) groups is 2. The molecule has 0 aliphatic carbocycles. The van der Waals surface area contributed by atoms with Crippen molar-refractivity contribution in [2.24, 2.45) is 21.5 Å². The van der Waals surface area contributed by atoms with E-state index in [1.807, 2.05) is 36.7 Å². The topological polar surface area (TPSA) is 76.8 Å². The average molecular weight is 246 g/mol. The third-order valence-electron chi connectivity index (χ3n) is 2.40. The van der Waals surface area contributed by atoms with Crippen molar-refractivity contribution in [2.75, 3.05) is 26.2 Å². The van der Waals surface area contributed by atoms with Gasteiger partial charge in [0.1, 0.15) is 0 Å². The highest BCUT2D eigenvalue weighted by Gasteiger charge is 1.89. The molecule has 98 valence electrons. The summed E-state index contributed by atoms with van der Waals surface area (Å²) in [5, 5.41) is 0. The Kier molecular flexibility index (Phi) is 7.68. The van der Waals surface area contributed by atoms with Crippen molar-refractivity contribution in [3.63, 3.8) is 0 Å². The summed E-state index contributed by atoms with van der Waals surface area (Å²) in [5.41, 5.74) is 13.0. The molecule has 0 aromatic heterocycles. The third kappa shape index (κ3) is 6.27. The van der Waals surface area contributed by atoms with Gasteiger partial charge in [0, 0.05) is 25.5 Å². The summed E-state index contributed by atoms with van der Waals surface area (Å²) >= 11 is 0. The predicted molar refractivity (Wildman–Crippen MR) is 78.7 cm³/mol. The second kappa shape index (κ2) is 9.50. The molecule has 0 aliphatic heterocycles. The van der Waals surface area contributed by atoms with Gasteiger partial charge in [0.05, 0.1) is 0 Å². The van der Waals surface area contributed by atoms with Gasteiger partial charge in [0.15, 0.2) is 0 Å². The molecular formula is C14H22N4. The maximum Gasteiger partial charge on any atom is 0.0401 e. The highest BCUT2D eigenvalue weighted by Crippen LogP contribution is 2.00. The van der Waals surface area contributed by atoms with Crippen molar-refractivity contribution in [3.05, 3.63) is 35.4 Å². The number of hydrogen-bond donors (Lipinski definition) is 2. The van der Waals surface area contributed by atoms with Crippen LogP contribution in [0.25, 0.3) is 0 Å². The SMILES string of the molecule is NCCC/N=C/c1ccc(/C=N/CCCN)cc1. The largest absolute Gasteiger partial charge is 0.330 e. The molecule has 1 aromatic carbocycles. The average Bonchev–Trinajstić information content (AvgIpc) is 2.41. The molecule has 0 aliphatic rings. The monoisotopic (exact) mass is 246 g/mol. The van der Waals surface area contributed by atoms with Gasteiger partial charge in [-0.25, -0.2) is 0 Å². The number of hydrogen-bond acceptors (Lipinski definition) is 4. The lowest BCUT2D eigenvalue weighted by Crippen LogP contribution is -2.00. The standard InChI is InChI=1S/C14H22N4/c15-7-1-9-17-11-13-3-5-14(6-4-13)12-18-10-2-8-16/h3-6,11-12H,1-2,7-10,15-16H2/b17-11+,18-12+. The third-order valence-corrected chi connectivity index (χ3v) is 2.40. The number of nitrogens with zero attached hydrogens (tertiary/aromatic N) is 2. The van der Waals surface area contributed by atoms with E-state index in [0.29, 0.717) is 13.1 Å². The molecule has 0 fully saturated rings. The van der Waals surface area contributed by atoms with Gasteiger partial charge in [-0.3, -0.25) is 9.98 Å². The first-order valence-corrected chi connectivity index (χ1v) is 6.36. The Morgan fingerprint density at radius 3 is 1.50 bits per heavy atom. The van der Waals surface area contributed by atoms with Crippen molar-refractivity contribution in [1.82, 2.24) is 0 Å². The Morgan fingerprint density at radius 2 is 1.17 bits per heavy atom. The fourth-order valence-corrected chi connectivity index (χ4v) is 1.37. The predicted octanol–water partition coefficient (Wildman–Crippen LogP) is 1.22. The van der Waals surface area contributed by atoms with Gasteiger partial charge in [-0.1, -0.05) is 24.3 Å². The summed E-state index contributed by atoms with van der Waals surface area (Å²) in [6, 6.07) is 8.15. The first kappa shape index (κ1) is 14.5. The van der Waals surface area contributed by atoms with Crippen LogP contribution in [0.1, 0.15) is 24.0 Å². The molecule has 1 aromatic rings. The van der Waals surface area contributed by atoms with E-state index in [4.69, 9.17) is 11.5 Å². The van der Waals surface area contributed by atoms with Crippen LogP contribution in [0.2, 0.25) is 0 Å². The lowest BCUT2D eigenvalue weighted by atomic mass is 10.1. The van der Waals surface area contributed by atoms with Crippen LogP contribution in [0.15, 0.2) is 34.3 Å². The van der Waals surface area contributed by atoms with E-state index in [0.717, 1.165) is 37.1 Å². The van der Waals surface area contributed by atoms with Gasteiger partial charge in [0.2, 0.25) is 0 Å². The second-order valence-electron chi connectivity index (χ2n) is 4.02. The minimum absolute atomic E-state index is 0.690. The molecule has 0 unspecified atom stereocenters. The molecule has 0 amide bonds. The van der Waals surface area contributed by atoms with Gasteiger partial charge < -0.3 is 11.5 Å². The summed E-state index contributed by atoms with van der Waals surface area (Å²) in [6.07, 6.45) is 5.63. The summed E-state index contributed by atoms with van der Waals surface area (Å²) in [5.74, 6) is 0. The zero-order valence-corrected chi connectivity index (χ0v) is 10.8. The van der Waals surface area contributed by atoms with Crippen molar-refractivity contribution in [1.29, 1.82) is 0 Å². The fourth-order valence-electron chi connectivity index (χ4n) is 1.37. The fraction of sp³-hybridized carbons (Fsp3) is 0.429. The van der Waals surface area contributed by atoms with Crippen LogP contribution in [0, 0.1) is 0 Å². The Labute approximate surface area is 109 Å². The molecule has 0 heterocycles. The highest BCUT2D eigenvalue weighted by molar-refractivity contribution is 5.84. The quantitative estimate of drug-likeness (QED) is 0.534. The summed E-state index contributed by atoms with van der Waals surface area (Å²) in [7, 11) is 0. The zero-order chi connectivity index (χ0) is 13.1. The molecule has 4 nitrogen and oxygen atoms in total. The van der Waals surface area contributed by atoms with Gasteiger partial charge in [-0.05, 0) is 37.1 Å². The van der Waals surface area contributed by atoms with Crippen LogP contribution in [0.3, 0.4) is 0 Å². The normalized spacial score (nSPS) is 11.7. The molecule has 1 rings (SSSR count). The maximum atomic E-state index is 5.40. The lowest BCUT2D eigenvalue weighted by Gasteiger charge is -1.96. The van der Waals surface area contributed by atoms with Crippen LogP contribution in [0.5, 0.6) is 0 Å². The van der Waals surface area contributed by atoms with Gasteiger partial charge in [-0.2, -0.15) is 0 Å². The van der Waals surface area contributed by atoms with Crippen molar-refractivity contribution >= 4 is 12.4 Å². The maximum absolute atomic E-state index is 5.40. The Morgan fingerprint density at radius 1 is 0.778 bits per heavy atom. The first-order valence-electron chi connectivity index (χ1n) is 6.36. The molecule has 0 bridgehead atoms. The van der Waals surface area contributed by atoms with Crippen LogP contribution >= 0.6 is 0 Å². The van der Waals surface area contributed by atoms with E-state index < -0.39 is 0 Å². The van der Waals surface area contributed by atoms with E-state index in [9.17, 15) is 0 Å². The number of benzene rings is 1. The van der Waals surface area contributed by atoms with Gasteiger partial charge in [-0.15, -0.1) is 0 Å². The molecule has 0 spiro atoms. The van der Waals surface area contributed by atoms with Crippen LogP contribution in [0.4, 0.5) is 0 Å². The summed E-state index contributed by atoms with van der Waals surface area (Å²) < 4.78 is 0. The van der Waals surface area contributed by atoms with Gasteiger partial charge in [0.25, 0.3) is 0 Å². The second-order valence-corrected chi connectivity index (χ2v) is 4.02. The summed E-state index contributed by atoms with van der Waals surface area (Å²) in [4.78, 5) is 8.59. The number of nitrogens with two attached hydrogens (primary N) is 2. The number of rotatable bonds is 8. The van der Waals surface area contributed by atoms with E-state index in [1.165, 1.54) is 0 Å². The van der Waals surface area contributed by atoms with Crippen molar-refractivity contribution < 1.29 is 0 Å². The minimum atomic E-state index is 0.690. The molecule has 18 heavy (non-hydrogen) atoms. The highest BCUT2D eigenvalue weighted by atomic mass is 14.7. The molecule has 0 atom stereocenters. The first-order chi connectivity index (χ1) is 8.86. The van der Waals surface area contributed by atoms with Crippen LogP contribution in [-0.2, 0) is 0 Å². The van der Waals surface area contributed by atoms with E-state index in [1.54, 1.807) is 0 Å². The molecule has 4 heteroatoms. The Balaban J connectivity index is 2.42. The van der Waals surface area contributed by atoms with E-state index in [-0.39, 0.29) is 0 Å². The minimum Gasteiger partial charge on any atom is -0.330 e. The zero-order valence-electron chi connectivity index (χ0n) is 10.8. The Hall–Kier alpha value is -1.52. The van der Waals surface area contributed by atoms with Crippen LogP contribution in [-0.4, -0.2) is 38.6 Å². The van der Waals surface area contributed by atoms with Crippen molar-refractivity contribution in [3.8, 4) is 0 Å². The Bertz CT molecular complexity index is 331. The van der Waals surface area contributed by atoms with Crippen LogP contribution < -0.4 is 11.5 Å². The molecule has 0 radical (unpaired) electrons.